The third-order valence-electron chi connectivity index (χ3n) is 4.46. The number of rotatable bonds is 8. The first kappa shape index (κ1) is 21.0. The van der Waals surface area contributed by atoms with Gasteiger partial charge in [0.1, 0.15) is 6.04 Å². The third kappa shape index (κ3) is 6.43. The molecule has 2 aromatic carbocycles. The zero-order chi connectivity index (χ0) is 19.8. The SMILES string of the molecule is CNC(=O)[C@@H](C)N(Cc1cccc(C)c1)C(=O)CSCc1ccc(C)cc1. The highest BCUT2D eigenvalue weighted by Crippen LogP contribution is 2.17. The van der Waals surface area contributed by atoms with Crippen molar-refractivity contribution in [2.45, 2.75) is 39.1 Å². The fourth-order valence-electron chi connectivity index (χ4n) is 2.82. The topological polar surface area (TPSA) is 49.4 Å². The molecule has 144 valence electrons. The van der Waals surface area contributed by atoms with Gasteiger partial charge < -0.3 is 10.2 Å². The van der Waals surface area contributed by atoms with Gasteiger partial charge in [-0.1, -0.05) is 59.7 Å². The summed E-state index contributed by atoms with van der Waals surface area (Å²) in [6.07, 6.45) is 0. The van der Waals surface area contributed by atoms with Gasteiger partial charge in [0, 0.05) is 19.3 Å². The smallest absolute Gasteiger partial charge is 0.242 e. The minimum absolute atomic E-state index is 0.0234. The van der Waals surface area contributed by atoms with E-state index >= 15 is 0 Å². The van der Waals surface area contributed by atoms with Crippen LogP contribution in [0, 0.1) is 13.8 Å². The van der Waals surface area contributed by atoms with Crippen LogP contribution in [-0.4, -0.2) is 35.6 Å². The predicted molar refractivity (Wildman–Crippen MR) is 113 cm³/mol. The molecule has 2 amide bonds. The molecule has 4 nitrogen and oxygen atoms in total. The number of likely N-dealkylation sites (N-methyl/N-ethyl adjacent to an activating group) is 1. The number of hydrogen-bond donors (Lipinski definition) is 1. The molecule has 0 saturated heterocycles. The van der Waals surface area contributed by atoms with Gasteiger partial charge in [0.2, 0.25) is 11.8 Å². The van der Waals surface area contributed by atoms with E-state index in [0.717, 1.165) is 16.9 Å². The van der Waals surface area contributed by atoms with Gasteiger partial charge in [0.05, 0.1) is 5.75 Å². The van der Waals surface area contributed by atoms with Crippen molar-refractivity contribution in [3.8, 4) is 0 Å². The number of carbonyl (C=O) groups is 2. The average Bonchev–Trinajstić information content (AvgIpc) is 2.66. The maximum absolute atomic E-state index is 12.9. The van der Waals surface area contributed by atoms with Gasteiger partial charge in [0.25, 0.3) is 0 Å². The molecule has 0 aliphatic heterocycles. The molecule has 0 unspecified atom stereocenters. The third-order valence-corrected chi connectivity index (χ3v) is 5.45. The van der Waals surface area contributed by atoms with Crippen LogP contribution >= 0.6 is 11.8 Å². The van der Waals surface area contributed by atoms with Crippen LogP contribution in [-0.2, 0) is 21.9 Å². The van der Waals surface area contributed by atoms with E-state index in [2.05, 4.69) is 42.6 Å². The van der Waals surface area contributed by atoms with Crippen LogP contribution in [0.4, 0.5) is 0 Å². The van der Waals surface area contributed by atoms with Crippen molar-refractivity contribution < 1.29 is 9.59 Å². The van der Waals surface area contributed by atoms with Gasteiger partial charge in [-0.3, -0.25) is 9.59 Å². The first-order valence-electron chi connectivity index (χ1n) is 9.10. The molecule has 0 aliphatic carbocycles. The van der Waals surface area contributed by atoms with Crippen LogP contribution in [0.15, 0.2) is 48.5 Å². The largest absolute Gasteiger partial charge is 0.357 e. The Labute approximate surface area is 166 Å². The molecule has 0 heterocycles. The second-order valence-electron chi connectivity index (χ2n) is 6.78. The number of carbonyl (C=O) groups excluding carboxylic acids is 2. The van der Waals surface area contributed by atoms with Gasteiger partial charge in [-0.15, -0.1) is 11.8 Å². The van der Waals surface area contributed by atoms with E-state index in [-0.39, 0.29) is 11.8 Å². The minimum Gasteiger partial charge on any atom is -0.357 e. The van der Waals surface area contributed by atoms with Crippen LogP contribution in [0.2, 0.25) is 0 Å². The maximum Gasteiger partial charge on any atom is 0.242 e. The molecule has 0 radical (unpaired) electrons. The zero-order valence-electron chi connectivity index (χ0n) is 16.5. The van der Waals surface area contributed by atoms with Crippen molar-refractivity contribution in [2.75, 3.05) is 12.8 Å². The van der Waals surface area contributed by atoms with E-state index in [1.165, 1.54) is 11.1 Å². The van der Waals surface area contributed by atoms with Crippen LogP contribution < -0.4 is 5.32 Å². The standard InChI is InChI=1S/C22H28N2O2S/c1-16-8-10-19(11-9-16)14-27-15-21(25)24(18(3)22(26)23-4)13-20-7-5-6-17(2)12-20/h5-12,18H,13-15H2,1-4H3,(H,23,26)/t18-/m1/s1. The average molecular weight is 385 g/mol. The number of hydrogen-bond acceptors (Lipinski definition) is 3. The monoisotopic (exact) mass is 384 g/mol. The number of benzene rings is 2. The molecule has 5 heteroatoms. The lowest BCUT2D eigenvalue weighted by Gasteiger charge is -2.28. The summed E-state index contributed by atoms with van der Waals surface area (Å²) in [6.45, 7) is 6.29. The summed E-state index contributed by atoms with van der Waals surface area (Å²) in [7, 11) is 1.60. The number of thioether (sulfide) groups is 1. The van der Waals surface area contributed by atoms with E-state index in [4.69, 9.17) is 0 Å². The molecule has 0 saturated carbocycles. The van der Waals surface area contributed by atoms with Gasteiger partial charge in [-0.05, 0) is 31.9 Å². The maximum atomic E-state index is 12.9. The molecule has 27 heavy (non-hydrogen) atoms. The van der Waals surface area contributed by atoms with Crippen molar-refractivity contribution in [3.05, 3.63) is 70.8 Å². The van der Waals surface area contributed by atoms with Gasteiger partial charge in [0.15, 0.2) is 0 Å². The summed E-state index contributed by atoms with van der Waals surface area (Å²) in [5.41, 5.74) is 4.59. The molecule has 2 aromatic rings. The van der Waals surface area contributed by atoms with E-state index in [0.29, 0.717) is 12.3 Å². The van der Waals surface area contributed by atoms with Gasteiger partial charge in [-0.2, -0.15) is 0 Å². The molecule has 1 N–H and O–H groups in total. The van der Waals surface area contributed by atoms with Crippen molar-refractivity contribution >= 4 is 23.6 Å². The fourth-order valence-corrected chi connectivity index (χ4v) is 3.69. The molecule has 0 bridgehead atoms. The molecular formula is C22H28N2O2S. The second kappa shape index (κ2) is 10.2. The van der Waals surface area contributed by atoms with Crippen molar-refractivity contribution in [2.24, 2.45) is 0 Å². The first-order chi connectivity index (χ1) is 12.9. The Morgan fingerprint density at radius 3 is 2.37 bits per heavy atom. The van der Waals surface area contributed by atoms with E-state index in [1.54, 1.807) is 30.6 Å². The highest BCUT2D eigenvalue weighted by Gasteiger charge is 2.25. The number of nitrogens with one attached hydrogen (secondary N) is 1. The summed E-state index contributed by atoms with van der Waals surface area (Å²) >= 11 is 1.58. The van der Waals surface area contributed by atoms with E-state index in [9.17, 15) is 9.59 Å². The van der Waals surface area contributed by atoms with Gasteiger partial charge >= 0.3 is 0 Å². The van der Waals surface area contributed by atoms with Gasteiger partial charge in [-0.25, -0.2) is 0 Å². The Bertz CT molecular complexity index is 774. The molecule has 2 rings (SSSR count). The molecule has 0 aliphatic rings. The van der Waals surface area contributed by atoms with E-state index in [1.807, 2.05) is 25.1 Å². The lowest BCUT2D eigenvalue weighted by atomic mass is 10.1. The summed E-state index contributed by atoms with van der Waals surface area (Å²) in [5, 5.41) is 2.64. The second-order valence-corrected chi connectivity index (χ2v) is 7.76. The van der Waals surface area contributed by atoms with E-state index < -0.39 is 6.04 Å². The summed E-state index contributed by atoms with van der Waals surface area (Å²) in [5.74, 6) is 0.948. The zero-order valence-corrected chi connectivity index (χ0v) is 17.3. The minimum atomic E-state index is -0.511. The summed E-state index contributed by atoms with van der Waals surface area (Å²) < 4.78 is 0. The highest BCUT2D eigenvalue weighted by atomic mass is 32.2. The quantitative estimate of drug-likeness (QED) is 0.755. The molecule has 0 fully saturated rings. The highest BCUT2D eigenvalue weighted by molar-refractivity contribution is 7.99. The van der Waals surface area contributed by atoms with Crippen LogP contribution in [0.25, 0.3) is 0 Å². The van der Waals surface area contributed by atoms with Crippen LogP contribution in [0.3, 0.4) is 0 Å². The normalized spacial score (nSPS) is 11.7. The molecular weight excluding hydrogens is 356 g/mol. The Morgan fingerprint density at radius 2 is 1.74 bits per heavy atom. The molecule has 1 atom stereocenters. The lowest BCUT2D eigenvalue weighted by molar-refractivity contribution is -0.138. The number of aryl methyl sites for hydroxylation is 2. The fraction of sp³-hybridized carbons (Fsp3) is 0.364. The summed E-state index contributed by atoms with van der Waals surface area (Å²) in [6, 6.07) is 15.9. The first-order valence-corrected chi connectivity index (χ1v) is 10.3. The molecule has 0 spiro atoms. The predicted octanol–water partition coefficient (Wildman–Crippen LogP) is 3.70. The number of nitrogens with zero attached hydrogens (tertiary/aromatic N) is 1. The Hall–Kier alpha value is -2.27. The number of amides is 2. The Kier molecular flexibility index (Phi) is 7.92. The van der Waals surface area contributed by atoms with Crippen molar-refractivity contribution in [3.63, 3.8) is 0 Å². The van der Waals surface area contributed by atoms with Crippen molar-refractivity contribution in [1.29, 1.82) is 0 Å². The molecule has 0 aromatic heterocycles. The summed E-state index contributed by atoms with van der Waals surface area (Å²) in [4.78, 5) is 26.7. The Balaban J connectivity index is 2.03. The van der Waals surface area contributed by atoms with Crippen LogP contribution in [0.5, 0.6) is 0 Å². The van der Waals surface area contributed by atoms with Crippen molar-refractivity contribution in [1.82, 2.24) is 10.2 Å². The Morgan fingerprint density at radius 1 is 1.04 bits per heavy atom. The van der Waals surface area contributed by atoms with Crippen LogP contribution in [0.1, 0.15) is 29.2 Å². The lowest BCUT2D eigenvalue weighted by Crippen LogP contribution is -2.47.